The molecule has 0 aromatic rings. The van der Waals surface area contributed by atoms with Crippen molar-refractivity contribution < 1.29 is 129 Å². The van der Waals surface area contributed by atoms with Gasteiger partial charge in [-0.15, -0.1) is 0 Å². The van der Waals surface area contributed by atoms with E-state index in [0.717, 1.165) is 0 Å². The van der Waals surface area contributed by atoms with Gasteiger partial charge >= 0.3 is 0 Å². The molecule has 0 unspecified atom stereocenters. The van der Waals surface area contributed by atoms with Crippen molar-refractivity contribution in [2.45, 2.75) is 154 Å². The van der Waals surface area contributed by atoms with E-state index in [1.807, 2.05) is 0 Å². The van der Waals surface area contributed by atoms with Crippen LogP contribution in [0.25, 0.3) is 0 Å². The molecule has 26 heteroatoms. The van der Waals surface area contributed by atoms with E-state index in [-0.39, 0.29) is 0 Å². The highest BCUT2D eigenvalue weighted by molar-refractivity contribution is 4.99. The predicted molar refractivity (Wildman–Crippen MR) is 167 cm³/mol. The SMILES string of the molecule is OC[C@@H]1O[C@H](O)[C@@H](O)[C@H](O)[C@H]1O[C@@H]1O[C@H](CO)[C@@H](O[C@@H]2O[C@H](CO)[C@@H](O[C@@H]3O[C@H](CO)[C@@H](O[C@@H]4O[C@H](CO)[C@@H](O)[C@@H](O)[C@@H]4O)[C@H](O)[C@@H]3O)[C@H](O)[C@@H]2O)[C@H](O)[C@@H]1O. The van der Waals surface area contributed by atoms with E-state index in [2.05, 4.69) is 0 Å². The molecule has 328 valence electrons. The zero-order chi connectivity index (χ0) is 41.3. The number of rotatable bonds is 13. The largest absolute Gasteiger partial charge is 0.394 e. The Balaban J connectivity index is 1.22. The summed E-state index contributed by atoms with van der Waals surface area (Å²) in [7, 11) is 0. The molecule has 0 saturated carbocycles. The average Bonchev–Trinajstić information content (AvgIpc) is 3.19. The average molecular weight is 829 g/mol. The fourth-order valence-electron chi connectivity index (χ4n) is 7.03. The second-order valence-corrected chi connectivity index (χ2v) is 13.9. The van der Waals surface area contributed by atoms with Gasteiger partial charge in [0.05, 0.1) is 33.0 Å². The van der Waals surface area contributed by atoms with E-state index in [1.54, 1.807) is 0 Å². The van der Waals surface area contributed by atoms with Gasteiger partial charge in [-0.2, -0.15) is 0 Å². The highest BCUT2D eigenvalue weighted by atomic mass is 16.8. The summed E-state index contributed by atoms with van der Waals surface area (Å²) in [5.41, 5.74) is 0. The fraction of sp³-hybridized carbons (Fsp3) is 1.00. The molecule has 56 heavy (non-hydrogen) atoms. The maximum atomic E-state index is 11.1. The van der Waals surface area contributed by atoms with Crippen LogP contribution in [0.2, 0.25) is 0 Å². The van der Waals surface area contributed by atoms with Gasteiger partial charge < -0.3 is 129 Å². The second kappa shape index (κ2) is 19.6. The molecule has 5 saturated heterocycles. The molecule has 5 aliphatic rings. The van der Waals surface area contributed by atoms with Crippen LogP contribution in [0, 0.1) is 0 Å². The molecule has 5 rings (SSSR count). The lowest BCUT2D eigenvalue weighted by Gasteiger charge is -2.49. The summed E-state index contributed by atoms with van der Waals surface area (Å²) in [6.45, 7) is -4.51. The molecule has 5 heterocycles. The molecule has 5 fully saturated rings. The first-order chi connectivity index (χ1) is 26.5. The smallest absolute Gasteiger partial charge is 0.187 e. The molecule has 0 bridgehead atoms. The van der Waals surface area contributed by atoms with Crippen molar-refractivity contribution in [3.05, 3.63) is 0 Å². The van der Waals surface area contributed by atoms with Crippen LogP contribution in [-0.2, 0) is 42.6 Å². The predicted octanol–water partition coefficient (Wildman–Crippen LogP) is -11.9. The van der Waals surface area contributed by atoms with Crippen LogP contribution in [-0.4, -0.2) is 273 Å². The van der Waals surface area contributed by atoms with Crippen molar-refractivity contribution in [2.75, 3.05) is 33.0 Å². The lowest BCUT2D eigenvalue weighted by Crippen LogP contribution is -2.68. The van der Waals surface area contributed by atoms with Gasteiger partial charge in [0, 0.05) is 0 Å². The molecule has 25 atom stereocenters. The Bertz CT molecular complexity index is 1200. The van der Waals surface area contributed by atoms with Crippen molar-refractivity contribution in [1.82, 2.24) is 0 Å². The maximum absolute atomic E-state index is 11.1. The van der Waals surface area contributed by atoms with Gasteiger partial charge in [-0.1, -0.05) is 0 Å². The van der Waals surface area contributed by atoms with Gasteiger partial charge in [-0.05, 0) is 0 Å². The maximum Gasteiger partial charge on any atom is 0.187 e. The van der Waals surface area contributed by atoms with Crippen LogP contribution < -0.4 is 0 Å². The minimum atomic E-state index is -2.12. The lowest BCUT2D eigenvalue weighted by atomic mass is 9.95. The third-order valence-corrected chi connectivity index (χ3v) is 10.3. The normalized spacial score (nSPS) is 53.2. The summed E-state index contributed by atoms with van der Waals surface area (Å²) in [5, 5.41) is 176. The van der Waals surface area contributed by atoms with Crippen molar-refractivity contribution in [2.24, 2.45) is 0 Å². The molecule has 17 N–H and O–H groups in total. The Morgan fingerprint density at radius 2 is 0.518 bits per heavy atom. The van der Waals surface area contributed by atoms with Crippen LogP contribution in [0.1, 0.15) is 0 Å². The fourth-order valence-corrected chi connectivity index (χ4v) is 7.03. The van der Waals surface area contributed by atoms with Crippen molar-refractivity contribution in [1.29, 1.82) is 0 Å². The van der Waals surface area contributed by atoms with Gasteiger partial charge in [-0.3, -0.25) is 0 Å². The van der Waals surface area contributed by atoms with E-state index < -0.39 is 187 Å². The van der Waals surface area contributed by atoms with Crippen LogP contribution in [0.15, 0.2) is 0 Å². The van der Waals surface area contributed by atoms with Crippen LogP contribution in [0.5, 0.6) is 0 Å². The van der Waals surface area contributed by atoms with Crippen LogP contribution in [0.3, 0.4) is 0 Å². The Morgan fingerprint density at radius 1 is 0.268 bits per heavy atom. The van der Waals surface area contributed by atoms with Gasteiger partial charge in [0.25, 0.3) is 0 Å². The minimum absolute atomic E-state index is 0.811. The first kappa shape index (κ1) is 46.0. The first-order valence-corrected chi connectivity index (χ1v) is 17.6. The van der Waals surface area contributed by atoms with Crippen molar-refractivity contribution >= 4 is 0 Å². The number of ether oxygens (including phenoxy) is 9. The first-order valence-electron chi connectivity index (χ1n) is 17.6. The number of hydrogen-bond acceptors (Lipinski definition) is 26. The quantitative estimate of drug-likeness (QED) is 0.0819. The zero-order valence-corrected chi connectivity index (χ0v) is 29.2. The summed E-state index contributed by atoms with van der Waals surface area (Å²) >= 11 is 0. The lowest BCUT2D eigenvalue weighted by molar-refractivity contribution is -0.392. The Hall–Kier alpha value is -1.04. The molecule has 0 spiro atoms. The van der Waals surface area contributed by atoms with Crippen LogP contribution >= 0.6 is 0 Å². The molecule has 0 aromatic heterocycles. The van der Waals surface area contributed by atoms with Crippen molar-refractivity contribution in [3.8, 4) is 0 Å². The number of hydrogen-bond donors (Lipinski definition) is 17. The monoisotopic (exact) mass is 828 g/mol. The van der Waals surface area contributed by atoms with Crippen LogP contribution in [0.4, 0.5) is 0 Å². The van der Waals surface area contributed by atoms with E-state index in [9.17, 15) is 86.8 Å². The van der Waals surface area contributed by atoms with Crippen molar-refractivity contribution in [3.63, 3.8) is 0 Å². The van der Waals surface area contributed by atoms with Gasteiger partial charge in [0.2, 0.25) is 0 Å². The third-order valence-electron chi connectivity index (χ3n) is 10.3. The summed E-state index contributed by atoms with van der Waals surface area (Å²) in [6, 6.07) is 0. The highest BCUT2D eigenvalue weighted by Crippen LogP contribution is 2.35. The van der Waals surface area contributed by atoms with E-state index >= 15 is 0 Å². The molecule has 26 nitrogen and oxygen atoms in total. The molecule has 0 amide bonds. The molecule has 0 radical (unpaired) electrons. The van der Waals surface area contributed by atoms with E-state index in [0.29, 0.717) is 0 Å². The Morgan fingerprint density at radius 3 is 0.821 bits per heavy atom. The molecule has 5 aliphatic heterocycles. The van der Waals surface area contributed by atoms with Gasteiger partial charge in [-0.25, -0.2) is 0 Å². The topological polar surface area (TPSA) is 427 Å². The molecular formula is C30H52O26. The summed E-state index contributed by atoms with van der Waals surface area (Å²) in [6.07, 6.45) is -45.8. The molecule has 0 aliphatic carbocycles. The summed E-state index contributed by atoms with van der Waals surface area (Å²) in [4.78, 5) is 0. The number of aliphatic hydroxyl groups excluding tert-OH is 17. The third kappa shape index (κ3) is 9.16. The van der Waals surface area contributed by atoms with E-state index in [1.165, 1.54) is 0 Å². The minimum Gasteiger partial charge on any atom is -0.394 e. The standard InChI is InChI=1S/C30H52O26/c31-1-6-11(36)12(37)18(43)27(49-6)54-23-8(3-33)51-29(20(45)14(23)39)56-25-10(5-35)52-30(21(46)16(25)41)55-24-9(4-34)50-28(19(44)15(24)40)53-22-7(2-32)48-26(47)17(42)13(22)38/h6-47H,1-5H2/t6-,7+,8-,9-,10-,11-,12-,13+,14-,15-,16-,17+,18+,19+,20+,21+,22+,23-,24-,25-,26+,27+,28+,29+,30+/m1/s1. The molecular weight excluding hydrogens is 776 g/mol. The summed E-state index contributed by atoms with van der Waals surface area (Å²) < 4.78 is 49.1. The Kier molecular flexibility index (Phi) is 16.1. The van der Waals surface area contributed by atoms with Gasteiger partial charge in [0.15, 0.2) is 31.5 Å². The van der Waals surface area contributed by atoms with E-state index in [4.69, 9.17) is 42.6 Å². The Labute approximate surface area is 316 Å². The molecule has 0 aromatic carbocycles. The highest BCUT2D eigenvalue weighted by Gasteiger charge is 2.56. The van der Waals surface area contributed by atoms with Gasteiger partial charge in [0.1, 0.15) is 122 Å². The number of aliphatic hydroxyl groups is 17. The summed E-state index contributed by atoms with van der Waals surface area (Å²) in [5.74, 6) is 0. The zero-order valence-electron chi connectivity index (χ0n) is 29.2. The second-order valence-electron chi connectivity index (χ2n) is 13.9.